The minimum atomic E-state index is -0.197. The van der Waals surface area contributed by atoms with Crippen LogP contribution in [-0.4, -0.2) is 36.3 Å². The summed E-state index contributed by atoms with van der Waals surface area (Å²) in [5.41, 5.74) is 0.863. The van der Waals surface area contributed by atoms with Crippen LogP contribution in [0.1, 0.15) is 26.2 Å². The van der Waals surface area contributed by atoms with E-state index < -0.39 is 0 Å². The summed E-state index contributed by atoms with van der Waals surface area (Å²) >= 11 is 3.43. The molecule has 1 aromatic rings. The van der Waals surface area contributed by atoms with E-state index in [0.717, 1.165) is 29.7 Å². The van der Waals surface area contributed by atoms with Crippen LogP contribution >= 0.6 is 15.9 Å². The van der Waals surface area contributed by atoms with Gasteiger partial charge in [0.2, 0.25) is 11.8 Å². The highest BCUT2D eigenvalue weighted by molar-refractivity contribution is 9.10. The van der Waals surface area contributed by atoms with Crippen LogP contribution in [0.5, 0.6) is 0 Å². The van der Waals surface area contributed by atoms with Gasteiger partial charge in [0, 0.05) is 36.2 Å². The lowest BCUT2D eigenvalue weighted by atomic mass is 9.98. The molecule has 5 heteroatoms. The van der Waals surface area contributed by atoms with Gasteiger partial charge in [0.05, 0.1) is 5.92 Å². The summed E-state index contributed by atoms with van der Waals surface area (Å²) in [6, 6.07) is 7.68. The van der Waals surface area contributed by atoms with Crippen LogP contribution < -0.4 is 4.90 Å². The summed E-state index contributed by atoms with van der Waals surface area (Å²) in [5.74, 6) is 0.562. The molecule has 1 aromatic carbocycles. The SMILES string of the molecule is CC1CCCN(C(=O)C2CC(=O)N(c3cccc(Br)c3)C2)C1. The topological polar surface area (TPSA) is 40.6 Å². The zero-order chi connectivity index (χ0) is 15.7. The van der Waals surface area contributed by atoms with Gasteiger partial charge in [-0.2, -0.15) is 0 Å². The fourth-order valence-electron chi connectivity index (χ4n) is 3.41. The maximum atomic E-state index is 12.7. The minimum Gasteiger partial charge on any atom is -0.342 e. The molecule has 0 aromatic heterocycles. The molecule has 2 aliphatic rings. The summed E-state index contributed by atoms with van der Waals surface area (Å²) in [4.78, 5) is 28.7. The number of likely N-dealkylation sites (tertiary alicyclic amines) is 1. The van der Waals surface area contributed by atoms with E-state index in [4.69, 9.17) is 0 Å². The van der Waals surface area contributed by atoms with Gasteiger partial charge in [-0.05, 0) is 37.0 Å². The molecule has 22 heavy (non-hydrogen) atoms. The van der Waals surface area contributed by atoms with Gasteiger partial charge in [0.25, 0.3) is 0 Å². The average Bonchev–Trinajstić information content (AvgIpc) is 2.88. The molecule has 2 atom stereocenters. The molecule has 2 fully saturated rings. The zero-order valence-corrected chi connectivity index (χ0v) is 14.4. The summed E-state index contributed by atoms with van der Waals surface area (Å²) in [6.07, 6.45) is 2.59. The van der Waals surface area contributed by atoms with Gasteiger partial charge in [0.1, 0.15) is 0 Å². The van der Waals surface area contributed by atoms with Crippen LogP contribution in [0.2, 0.25) is 0 Å². The van der Waals surface area contributed by atoms with Gasteiger partial charge in [-0.1, -0.05) is 28.9 Å². The molecule has 2 unspecified atom stereocenters. The number of hydrogen-bond acceptors (Lipinski definition) is 2. The third-order valence-electron chi connectivity index (χ3n) is 4.56. The smallest absolute Gasteiger partial charge is 0.228 e. The van der Waals surface area contributed by atoms with E-state index in [2.05, 4.69) is 22.9 Å². The maximum Gasteiger partial charge on any atom is 0.228 e. The number of piperidine rings is 1. The van der Waals surface area contributed by atoms with Crippen molar-refractivity contribution in [2.75, 3.05) is 24.5 Å². The molecule has 2 heterocycles. The summed E-state index contributed by atoms with van der Waals surface area (Å²) in [5, 5.41) is 0. The number of hydrogen-bond donors (Lipinski definition) is 0. The highest BCUT2D eigenvalue weighted by Gasteiger charge is 2.37. The third-order valence-corrected chi connectivity index (χ3v) is 5.06. The van der Waals surface area contributed by atoms with Gasteiger partial charge in [-0.25, -0.2) is 0 Å². The lowest BCUT2D eigenvalue weighted by Gasteiger charge is -2.32. The van der Waals surface area contributed by atoms with Crippen LogP contribution in [-0.2, 0) is 9.59 Å². The van der Waals surface area contributed by atoms with Crippen molar-refractivity contribution in [1.29, 1.82) is 0 Å². The Balaban J connectivity index is 1.70. The third kappa shape index (κ3) is 3.19. The van der Waals surface area contributed by atoms with E-state index in [0.29, 0.717) is 18.9 Å². The van der Waals surface area contributed by atoms with E-state index >= 15 is 0 Å². The van der Waals surface area contributed by atoms with Crippen LogP contribution in [0.15, 0.2) is 28.7 Å². The van der Waals surface area contributed by atoms with Crippen molar-refractivity contribution in [3.05, 3.63) is 28.7 Å². The van der Waals surface area contributed by atoms with Crippen molar-refractivity contribution >= 4 is 33.4 Å². The fourth-order valence-corrected chi connectivity index (χ4v) is 3.80. The first-order chi connectivity index (χ1) is 10.5. The Morgan fingerprint density at radius 2 is 2.14 bits per heavy atom. The van der Waals surface area contributed by atoms with Gasteiger partial charge in [0.15, 0.2) is 0 Å². The van der Waals surface area contributed by atoms with Gasteiger partial charge >= 0.3 is 0 Å². The standard InChI is InChI=1S/C17H21BrN2O2/c1-12-4-3-7-19(10-12)17(22)13-8-16(21)20(11-13)15-6-2-5-14(18)9-15/h2,5-6,9,12-13H,3-4,7-8,10-11H2,1H3. The largest absolute Gasteiger partial charge is 0.342 e. The normalized spacial score (nSPS) is 25.6. The predicted molar refractivity (Wildman–Crippen MR) is 89.6 cm³/mol. The Morgan fingerprint density at radius 1 is 1.32 bits per heavy atom. The van der Waals surface area contributed by atoms with Crippen LogP contribution in [0.25, 0.3) is 0 Å². The quantitative estimate of drug-likeness (QED) is 0.808. The molecular formula is C17H21BrN2O2. The Bertz CT molecular complexity index is 590. The Labute approximate surface area is 139 Å². The molecule has 0 radical (unpaired) electrons. The maximum absolute atomic E-state index is 12.7. The number of carbonyl (C=O) groups is 2. The number of amides is 2. The number of carbonyl (C=O) groups excluding carboxylic acids is 2. The van der Waals surface area contributed by atoms with Crippen molar-refractivity contribution in [1.82, 2.24) is 4.90 Å². The van der Waals surface area contributed by atoms with E-state index in [1.807, 2.05) is 29.2 Å². The lowest BCUT2D eigenvalue weighted by Crippen LogP contribution is -2.43. The van der Waals surface area contributed by atoms with Crippen LogP contribution in [0, 0.1) is 11.8 Å². The molecule has 118 valence electrons. The molecule has 0 saturated carbocycles. The number of nitrogens with zero attached hydrogens (tertiary/aromatic N) is 2. The fraction of sp³-hybridized carbons (Fsp3) is 0.529. The first kappa shape index (κ1) is 15.5. The van der Waals surface area contributed by atoms with E-state index in [1.54, 1.807) is 4.90 Å². The monoisotopic (exact) mass is 364 g/mol. The zero-order valence-electron chi connectivity index (χ0n) is 12.8. The highest BCUT2D eigenvalue weighted by atomic mass is 79.9. The van der Waals surface area contributed by atoms with Crippen LogP contribution in [0.4, 0.5) is 5.69 Å². The summed E-state index contributed by atoms with van der Waals surface area (Å²) in [6.45, 7) is 4.36. The predicted octanol–water partition coefficient (Wildman–Crippen LogP) is 3.06. The molecule has 2 amide bonds. The Hall–Kier alpha value is -1.36. The highest BCUT2D eigenvalue weighted by Crippen LogP contribution is 2.29. The number of rotatable bonds is 2. The number of anilines is 1. The van der Waals surface area contributed by atoms with Crippen molar-refractivity contribution < 1.29 is 9.59 Å². The molecule has 4 nitrogen and oxygen atoms in total. The van der Waals surface area contributed by atoms with Crippen LogP contribution in [0.3, 0.4) is 0 Å². The van der Waals surface area contributed by atoms with Crippen molar-refractivity contribution in [3.8, 4) is 0 Å². The van der Waals surface area contributed by atoms with Gasteiger partial charge in [-0.3, -0.25) is 9.59 Å². The molecule has 2 saturated heterocycles. The van der Waals surface area contributed by atoms with Crippen molar-refractivity contribution in [2.45, 2.75) is 26.2 Å². The number of benzene rings is 1. The molecule has 0 bridgehead atoms. The first-order valence-electron chi connectivity index (χ1n) is 7.89. The van der Waals surface area contributed by atoms with Gasteiger partial charge in [-0.15, -0.1) is 0 Å². The molecule has 3 rings (SSSR count). The number of halogens is 1. The second-order valence-corrected chi connectivity index (χ2v) is 7.33. The average molecular weight is 365 g/mol. The Kier molecular flexibility index (Phi) is 4.52. The van der Waals surface area contributed by atoms with Gasteiger partial charge < -0.3 is 9.80 Å². The molecule has 2 aliphatic heterocycles. The minimum absolute atomic E-state index is 0.0431. The second kappa shape index (κ2) is 6.41. The lowest BCUT2D eigenvalue weighted by molar-refractivity contribution is -0.137. The van der Waals surface area contributed by atoms with E-state index in [9.17, 15) is 9.59 Å². The van der Waals surface area contributed by atoms with E-state index in [1.165, 1.54) is 6.42 Å². The Morgan fingerprint density at radius 3 is 2.86 bits per heavy atom. The molecule has 0 spiro atoms. The summed E-state index contributed by atoms with van der Waals surface area (Å²) < 4.78 is 0.942. The molecular weight excluding hydrogens is 344 g/mol. The molecule has 0 N–H and O–H groups in total. The van der Waals surface area contributed by atoms with E-state index in [-0.39, 0.29) is 17.7 Å². The van der Waals surface area contributed by atoms with Crippen molar-refractivity contribution in [2.24, 2.45) is 11.8 Å². The first-order valence-corrected chi connectivity index (χ1v) is 8.68. The second-order valence-electron chi connectivity index (χ2n) is 6.42. The summed E-state index contributed by atoms with van der Waals surface area (Å²) in [7, 11) is 0. The van der Waals surface area contributed by atoms with Crippen molar-refractivity contribution in [3.63, 3.8) is 0 Å². The molecule has 0 aliphatic carbocycles.